The average Bonchev–Trinajstić information content (AvgIpc) is 2.64. The van der Waals surface area contributed by atoms with E-state index in [4.69, 9.17) is 11.5 Å². The van der Waals surface area contributed by atoms with Crippen LogP contribution in [0.2, 0.25) is 0 Å². The lowest BCUT2D eigenvalue weighted by molar-refractivity contribution is 1.24. The number of aromatic nitrogens is 1. The van der Waals surface area contributed by atoms with Gasteiger partial charge >= 0.3 is 0 Å². The predicted molar refractivity (Wildman–Crippen MR) is 66.9 cm³/mol. The van der Waals surface area contributed by atoms with Crippen molar-refractivity contribution in [3.05, 3.63) is 35.3 Å². The first-order chi connectivity index (χ1) is 7.24. The zero-order chi connectivity index (χ0) is 10.7. The smallest absolute Gasteiger partial charge is 0.180 e. The van der Waals surface area contributed by atoms with Gasteiger partial charge in [0.1, 0.15) is 0 Å². The van der Waals surface area contributed by atoms with Crippen LogP contribution in [0.4, 0.5) is 10.8 Å². The highest BCUT2D eigenvalue weighted by atomic mass is 32.2. The summed E-state index contributed by atoms with van der Waals surface area (Å²) in [4.78, 5) is 5.38. The summed E-state index contributed by atoms with van der Waals surface area (Å²) < 4.78 is 0. The van der Waals surface area contributed by atoms with E-state index in [2.05, 4.69) is 4.98 Å². The van der Waals surface area contributed by atoms with E-state index in [0.29, 0.717) is 5.13 Å². The minimum atomic E-state index is 0.628. The van der Waals surface area contributed by atoms with Crippen LogP contribution in [0.5, 0.6) is 0 Å². The maximum Gasteiger partial charge on any atom is 0.180 e. The molecular formula is C10H11N3S2. The Labute approximate surface area is 96.5 Å². The summed E-state index contributed by atoms with van der Waals surface area (Å²) in [5.41, 5.74) is 13.0. The molecule has 0 unspecified atom stereocenters. The van der Waals surface area contributed by atoms with Gasteiger partial charge in [0.25, 0.3) is 0 Å². The zero-order valence-corrected chi connectivity index (χ0v) is 9.65. The van der Waals surface area contributed by atoms with E-state index < -0.39 is 0 Å². The standard InChI is InChI=1S/C10H11N3S2/c11-7-1-3-9(4-2-7)14-5-8-6-15-10(12)13-8/h1-4,6H,5,11H2,(H2,12,13). The molecule has 0 aliphatic heterocycles. The van der Waals surface area contributed by atoms with Gasteiger partial charge in [0.15, 0.2) is 5.13 Å². The molecule has 2 rings (SSSR count). The maximum atomic E-state index is 5.60. The van der Waals surface area contributed by atoms with Crippen molar-refractivity contribution in [2.75, 3.05) is 11.5 Å². The van der Waals surface area contributed by atoms with Crippen LogP contribution in [0, 0.1) is 0 Å². The van der Waals surface area contributed by atoms with E-state index in [-0.39, 0.29) is 0 Å². The zero-order valence-electron chi connectivity index (χ0n) is 8.01. The third kappa shape index (κ3) is 2.87. The van der Waals surface area contributed by atoms with Crippen LogP contribution in [-0.2, 0) is 5.75 Å². The molecule has 0 saturated carbocycles. The fourth-order valence-corrected chi connectivity index (χ4v) is 2.57. The largest absolute Gasteiger partial charge is 0.399 e. The Morgan fingerprint density at radius 2 is 1.93 bits per heavy atom. The van der Waals surface area contributed by atoms with Crippen molar-refractivity contribution in [2.45, 2.75) is 10.6 Å². The van der Waals surface area contributed by atoms with Crippen molar-refractivity contribution in [3.8, 4) is 0 Å². The lowest BCUT2D eigenvalue weighted by atomic mass is 10.3. The summed E-state index contributed by atoms with van der Waals surface area (Å²) in [6.45, 7) is 0. The first-order valence-electron chi connectivity index (χ1n) is 4.42. The topological polar surface area (TPSA) is 64.9 Å². The Hall–Kier alpha value is -1.20. The van der Waals surface area contributed by atoms with Crippen molar-refractivity contribution >= 4 is 33.9 Å². The Morgan fingerprint density at radius 3 is 2.53 bits per heavy atom. The highest BCUT2D eigenvalue weighted by Crippen LogP contribution is 2.24. The second kappa shape index (κ2) is 4.55. The van der Waals surface area contributed by atoms with E-state index in [1.165, 1.54) is 16.2 Å². The van der Waals surface area contributed by atoms with Crippen LogP contribution in [0.15, 0.2) is 34.5 Å². The molecule has 0 atom stereocenters. The molecule has 0 amide bonds. The van der Waals surface area contributed by atoms with Gasteiger partial charge in [-0.2, -0.15) is 0 Å². The fourth-order valence-electron chi connectivity index (χ4n) is 1.11. The number of nitrogen functional groups attached to an aromatic ring is 2. The number of benzene rings is 1. The molecule has 4 N–H and O–H groups in total. The number of nitrogens with zero attached hydrogens (tertiary/aromatic N) is 1. The molecule has 0 aliphatic carbocycles. The Bertz CT molecular complexity index is 436. The summed E-state index contributed by atoms with van der Waals surface area (Å²) in [7, 11) is 0. The normalized spacial score (nSPS) is 10.4. The van der Waals surface area contributed by atoms with E-state index in [0.717, 1.165) is 17.1 Å². The number of thiazole rings is 1. The molecule has 0 radical (unpaired) electrons. The molecule has 0 bridgehead atoms. The minimum Gasteiger partial charge on any atom is -0.399 e. The SMILES string of the molecule is Nc1ccc(SCc2csc(N)n2)cc1. The predicted octanol–water partition coefficient (Wildman–Crippen LogP) is 2.60. The molecular weight excluding hydrogens is 226 g/mol. The van der Waals surface area contributed by atoms with Crippen LogP contribution in [0.3, 0.4) is 0 Å². The van der Waals surface area contributed by atoms with Crippen molar-refractivity contribution in [1.29, 1.82) is 0 Å². The fraction of sp³-hybridized carbons (Fsp3) is 0.100. The molecule has 2 aromatic rings. The maximum absolute atomic E-state index is 5.60. The third-order valence-corrected chi connectivity index (χ3v) is 3.60. The van der Waals surface area contributed by atoms with Gasteiger partial charge < -0.3 is 11.5 Å². The Balaban J connectivity index is 1.96. The molecule has 0 spiro atoms. The van der Waals surface area contributed by atoms with Gasteiger partial charge in [-0.15, -0.1) is 23.1 Å². The van der Waals surface area contributed by atoms with Gasteiger partial charge in [-0.3, -0.25) is 0 Å². The van der Waals surface area contributed by atoms with Crippen LogP contribution >= 0.6 is 23.1 Å². The van der Waals surface area contributed by atoms with Gasteiger partial charge in [-0.1, -0.05) is 0 Å². The summed E-state index contributed by atoms with van der Waals surface area (Å²) in [6, 6.07) is 7.82. The van der Waals surface area contributed by atoms with Crippen LogP contribution < -0.4 is 11.5 Å². The van der Waals surface area contributed by atoms with Gasteiger partial charge in [-0.25, -0.2) is 4.98 Å². The second-order valence-corrected chi connectivity index (χ2v) is 4.97. The molecule has 1 aromatic carbocycles. The quantitative estimate of drug-likeness (QED) is 0.636. The van der Waals surface area contributed by atoms with Gasteiger partial charge in [0, 0.05) is 21.7 Å². The third-order valence-electron chi connectivity index (χ3n) is 1.84. The summed E-state index contributed by atoms with van der Waals surface area (Å²) >= 11 is 3.20. The lowest BCUT2D eigenvalue weighted by Crippen LogP contribution is -1.85. The van der Waals surface area contributed by atoms with Crippen LogP contribution in [0.25, 0.3) is 0 Å². The van der Waals surface area contributed by atoms with Crippen LogP contribution in [-0.4, -0.2) is 4.98 Å². The molecule has 0 aliphatic rings. The highest BCUT2D eigenvalue weighted by molar-refractivity contribution is 7.98. The van der Waals surface area contributed by atoms with Gasteiger partial charge in [-0.05, 0) is 24.3 Å². The number of anilines is 2. The number of nitrogens with two attached hydrogens (primary N) is 2. The molecule has 78 valence electrons. The number of rotatable bonds is 3. The second-order valence-electron chi connectivity index (χ2n) is 3.03. The average molecular weight is 237 g/mol. The molecule has 3 nitrogen and oxygen atoms in total. The number of thioether (sulfide) groups is 1. The Morgan fingerprint density at radius 1 is 1.20 bits per heavy atom. The van der Waals surface area contributed by atoms with Gasteiger partial charge in [0.05, 0.1) is 5.69 Å². The molecule has 1 heterocycles. The molecule has 0 fully saturated rings. The van der Waals surface area contributed by atoms with Crippen molar-refractivity contribution in [1.82, 2.24) is 4.98 Å². The van der Waals surface area contributed by atoms with Crippen molar-refractivity contribution < 1.29 is 0 Å². The molecule has 1 aromatic heterocycles. The van der Waals surface area contributed by atoms with E-state index in [1.807, 2.05) is 29.6 Å². The summed E-state index contributed by atoms with van der Waals surface area (Å²) in [5, 5.41) is 2.61. The number of hydrogen-bond donors (Lipinski definition) is 2. The van der Waals surface area contributed by atoms with E-state index >= 15 is 0 Å². The summed E-state index contributed by atoms with van der Waals surface area (Å²) in [5.74, 6) is 0.845. The van der Waals surface area contributed by atoms with Crippen LogP contribution in [0.1, 0.15) is 5.69 Å². The first kappa shape index (κ1) is 10.3. The number of hydrogen-bond acceptors (Lipinski definition) is 5. The molecule has 5 heteroatoms. The minimum absolute atomic E-state index is 0.628. The van der Waals surface area contributed by atoms with Crippen molar-refractivity contribution in [3.63, 3.8) is 0 Å². The lowest BCUT2D eigenvalue weighted by Gasteiger charge is -1.99. The van der Waals surface area contributed by atoms with Gasteiger partial charge in [0.2, 0.25) is 0 Å². The highest BCUT2D eigenvalue weighted by Gasteiger charge is 2.00. The first-order valence-corrected chi connectivity index (χ1v) is 6.29. The Kier molecular flexibility index (Phi) is 3.13. The van der Waals surface area contributed by atoms with E-state index in [1.54, 1.807) is 11.8 Å². The molecule has 0 saturated heterocycles. The molecule has 15 heavy (non-hydrogen) atoms. The summed E-state index contributed by atoms with van der Waals surface area (Å²) in [6.07, 6.45) is 0. The van der Waals surface area contributed by atoms with E-state index in [9.17, 15) is 0 Å². The van der Waals surface area contributed by atoms with Crippen molar-refractivity contribution in [2.24, 2.45) is 0 Å². The monoisotopic (exact) mass is 237 g/mol.